The number of nitrogens with one attached hydrogen (secondary N) is 2. The number of nitrogens with zero attached hydrogens (tertiary/aromatic N) is 7. The Morgan fingerprint density at radius 1 is 1.24 bits per heavy atom. The fourth-order valence-electron chi connectivity index (χ4n) is 3.93. The lowest BCUT2D eigenvalue weighted by atomic mass is 10.1. The SMILES string of the molecule is CC1=[N+]([O-])C(CNC(=O)N(C)c2ncn([C@@H](C)C(=O)Nc3ccnc(-c4cnc(C)c(C(F)(F)F)c4)n3)c2C=O)=C1. The topological polar surface area (TPSA) is 161 Å². The van der Waals surface area contributed by atoms with Crippen LogP contribution in [0, 0.1) is 12.1 Å². The summed E-state index contributed by atoms with van der Waals surface area (Å²) in [5.74, 6) is -0.759. The van der Waals surface area contributed by atoms with Gasteiger partial charge in [0.2, 0.25) is 11.6 Å². The van der Waals surface area contributed by atoms with Gasteiger partial charge in [-0.1, -0.05) is 0 Å². The van der Waals surface area contributed by atoms with Crippen LogP contribution >= 0.6 is 0 Å². The quantitative estimate of drug-likeness (QED) is 0.237. The molecule has 0 unspecified atom stereocenters. The Balaban J connectivity index is 1.47. The van der Waals surface area contributed by atoms with E-state index in [0.717, 1.165) is 11.0 Å². The van der Waals surface area contributed by atoms with E-state index in [2.05, 4.69) is 30.6 Å². The molecule has 0 fully saturated rings. The van der Waals surface area contributed by atoms with Gasteiger partial charge in [-0.3, -0.25) is 19.5 Å². The molecule has 3 aromatic rings. The van der Waals surface area contributed by atoms with E-state index in [9.17, 15) is 32.8 Å². The summed E-state index contributed by atoms with van der Waals surface area (Å²) in [6.07, 6.45) is 1.11. The zero-order valence-corrected chi connectivity index (χ0v) is 22.2. The average Bonchev–Trinajstić information content (AvgIpc) is 3.37. The molecule has 1 aliphatic heterocycles. The van der Waals surface area contributed by atoms with Gasteiger partial charge in [0, 0.05) is 37.6 Å². The number of allylic oxidation sites excluding steroid dienone is 1. The highest BCUT2D eigenvalue weighted by Crippen LogP contribution is 2.33. The normalized spacial score (nSPS) is 13.7. The van der Waals surface area contributed by atoms with Crippen molar-refractivity contribution >= 4 is 35.6 Å². The van der Waals surface area contributed by atoms with Gasteiger partial charge in [-0.25, -0.2) is 19.7 Å². The number of anilines is 2. The van der Waals surface area contributed by atoms with E-state index in [0.29, 0.717) is 22.4 Å². The molecule has 16 heteroatoms. The Kier molecular flexibility index (Phi) is 7.84. The van der Waals surface area contributed by atoms with Crippen LogP contribution in [-0.4, -0.2) is 66.8 Å². The number of carbonyl (C=O) groups is 3. The maximum atomic E-state index is 13.3. The first-order valence-electron chi connectivity index (χ1n) is 12.0. The molecule has 214 valence electrons. The van der Waals surface area contributed by atoms with Crippen molar-refractivity contribution in [2.75, 3.05) is 23.8 Å². The van der Waals surface area contributed by atoms with Crippen molar-refractivity contribution in [3.8, 4) is 11.4 Å². The van der Waals surface area contributed by atoms with Gasteiger partial charge in [-0.15, -0.1) is 0 Å². The highest BCUT2D eigenvalue weighted by molar-refractivity contribution is 5.97. The van der Waals surface area contributed by atoms with Crippen molar-refractivity contribution < 1.29 is 32.3 Å². The lowest BCUT2D eigenvalue weighted by Gasteiger charge is -2.20. The Morgan fingerprint density at radius 2 is 1.98 bits per heavy atom. The number of alkyl halides is 3. The highest BCUT2D eigenvalue weighted by atomic mass is 19.4. The molecule has 13 nitrogen and oxygen atoms in total. The third-order valence-corrected chi connectivity index (χ3v) is 6.28. The van der Waals surface area contributed by atoms with Crippen LogP contribution < -0.4 is 15.5 Å². The molecule has 1 atom stereocenters. The molecular weight excluding hydrogens is 547 g/mol. The van der Waals surface area contributed by atoms with Gasteiger partial charge >= 0.3 is 12.2 Å². The molecule has 0 aliphatic carbocycles. The maximum Gasteiger partial charge on any atom is 0.418 e. The van der Waals surface area contributed by atoms with Gasteiger partial charge in [-0.05, 0) is 26.0 Å². The number of hydroxylamine groups is 1. The van der Waals surface area contributed by atoms with E-state index in [-0.39, 0.29) is 41.0 Å². The molecular formula is C25H24F3N9O4. The Hall–Kier alpha value is -5.15. The highest BCUT2D eigenvalue weighted by Gasteiger charge is 2.33. The smallest absolute Gasteiger partial charge is 0.418 e. The van der Waals surface area contributed by atoms with Crippen LogP contribution in [0.15, 0.2) is 42.6 Å². The Labute approximate surface area is 231 Å². The Morgan fingerprint density at radius 3 is 2.61 bits per heavy atom. The third kappa shape index (κ3) is 5.90. The Bertz CT molecular complexity index is 1600. The summed E-state index contributed by atoms with van der Waals surface area (Å²) < 4.78 is 41.8. The number of halogens is 3. The predicted molar refractivity (Wildman–Crippen MR) is 140 cm³/mol. The zero-order chi connectivity index (χ0) is 30.1. The van der Waals surface area contributed by atoms with E-state index < -0.39 is 29.7 Å². The van der Waals surface area contributed by atoms with Crippen molar-refractivity contribution in [2.24, 2.45) is 0 Å². The number of pyridine rings is 1. The van der Waals surface area contributed by atoms with Crippen molar-refractivity contribution in [2.45, 2.75) is 33.0 Å². The molecule has 0 saturated carbocycles. The first-order valence-corrected chi connectivity index (χ1v) is 12.0. The number of amides is 3. The molecule has 3 aromatic heterocycles. The van der Waals surface area contributed by atoms with Gasteiger partial charge in [0.25, 0.3) is 0 Å². The number of aryl methyl sites for hydroxylation is 1. The van der Waals surface area contributed by atoms with E-state index in [1.807, 2.05) is 0 Å². The molecule has 0 aromatic carbocycles. The van der Waals surface area contributed by atoms with Gasteiger partial charge in [0.1, 0.15) is 24.1 Å². The monoisotopic (exact) mass is 571 g/mol. The molecule has 41 heavy (non-hydrogen) atoms. The predicted octanol–water partition coefficient (Wildman–Crippen LogP) is 3.09. The van der Waals surface area contributed by atoms with Crippen LogP contribution in [0.3, 0.4) is 0 Å². The first kappa shape index (κ1) is 28.8. The number of rotatable bonds is 8. The number of carbonyl (C=O) groups excluding carboxylic acids is 3. The fraction of sp³-hybridized carbons (Fsp3) is 0.280. The van der Waals surface area contributed by atoms with Crippen LogP contribution in [0.2, 0.25) is 0 Å². The van der Waals surface area contributed by atoms with Gasteiger partial charge in [-0.2, -0.15) is 17.9 Å². The van der Waals surface area contributed by atoms with Gasteiger partial charge in [0.15, 0.2) is 23.6 Å². The van der Waals surface area contributed by atoms with Crippen molar-refractivity contribution in [3.63, 3.8) is 0 Å². The zero-order valence-electron chi connectivity index (χ0n) is 22.2. The van der Waals surface area contributed by atoms with Crippen molar-refractivity contribution in [1.82, 2.24) is 29.8 Å². The van der Waals surface area contributed by atoms with E-state index in [1.165, 1.54) is 50.2 Å². The van der Waals surface area contributed by atoms with Crippen LogP contribution in [0.4, 0.5) is 29.6 Å². The second-order valence-corrected chi connectivity index (χ2v) is 9.05. The molecule has 4 rings (SSSR count). The van der Waals surface area contributed by atoms with E-state index in [4.69, 9.17) is 0 Å². The second-order valence-electron chi connectivity index (χ2n) is 9.05. The molecule has 2 N–H and O–H groups in total. The van der Waals surface area contributed by atoms with Crippen molar-refractivity contribution in [1.29, 1.82) is 0 Å². The summed E-state index contributed by atoms with van der Waals surface area (Å²) in [6, 6.07) is 0.568. The molecule has 3 amide bonds. The number of aldehydes is 1. The summed E-state index contributed by atoms with van der Waals surface area (Å²) in [7, 11) is 1.37. The van der Waals surface area contributed by atoms with Crippen LogP contribution in [-0.2, 0) is 11.0 Å². The molecule has 0 bridgehead atoms. The van der Waals surface area contributed by atoms with Crippen molar-refractivity contribution in [3.05, 3.63) is 64.8 Å². The average molecular weight is 572 g/mol. The number of imidazole rings is 1. The minimum Gasteiger partial charge on any atom is -0.618 e. The fourth-order valence-corrected chi connectivity index (χ4v) is 3.93. The van der Waals surface area contributed by atoms with Crippen LogP contribution in [0.1, 0.15) is 41.6 Å². The summed E-state index contributed by atoms with van der Waals surface area (Å²) in [4.78, 5) is 54.6. The first-order chi connectivity index (χ1) is 19.3. The number of hydrogen-bond acceptors (Lipinski definition) is 8. The van der Waals surface area contributed by atoms with E-state index in [1.54, 1.807) is 13.0 Å². The minimum absolute atomic E-state index is 0.000652. The number of aromatic nitrogens is 5. The third-order valence-electron chi connectivity index (χ3n) is 6.28. The van der Waals surface area contributed by atoms with E-state index >= 15 is 0 Å². The second kappa shape index (κ2) is 11.1. The van der Waals surface area contributed by atoms with Crippen LogP contribution in [0.5, 0.6) is 0 Å². The lowest BCUT2D eigenvalue weighted by Crippen LogP contribution is -2.41. The standard InChI is InChI=1S/C25H24F3N9O4/c1-13-7-17(37(13)41)10-31-24(40)35(4)22-19(11-38)36(12-32-22)15(3)23(39)34-20-5-6-29-21(33-20)16-8-18(25(26,27)28)14(2)30-9-16/h5-9,11-12,15H,10H2,1-4H3,(H,31,40)(H,29,33,34,39)/t15-/m0/s1. The number of urea groups is 1. The lowest BCUT2D eigenvalue weighted by molar-refractivity contribution is -0.414. The minimum atomic E-state index is -4.62. The maximum absolute atomic E-state index is 13.3. The molecule has 0 saturated heterocycles. The summed E-state index contributed by atoms with van der Waals surface area (Å²) in [5, 5.41) is 16.7. The summed E-state index contributed by atoms with van der Waals surface area (Å²) in [6.45, 7) is 4.30. The largest absolute Gasteiger partial charge is 0.618 e. The van der Waals surface area contributed by atoms with Gasteiger partial charge < -0.3 is 20.4 Å². The molecule has 0 spiro atoms. The van der Waals surface area contributed by atoms with Crippen LogP contribution in [0.25, 0.3) is 11.4 Å². The van der Waals surface area contributed by atoms with Gasteiger partial charge in [0.05, 0.1) is 18.0 Å². The molecule has 0 radical (unpaired) electrons. The summed E-state index contributed by atoms with van der Waals surface area (Å²) >= 11 is 0. The molecule has 1 aliphatic rings. The number of hydrogen-bond donors (Lipinski definition) is 2. The summed E-state index contributed by atoms with van der Waals surface area (Å²) in [5.41, 5.74) is -0.330. The molecule has 4 heterocycles.